The lowest BCUT2D eigenvalue weighted by atomic mass is 9.96. The predicted molar refractivity (Wildman–Crippen MR) is 82.6 cm³/mol. The predicted octanol–water partition coefficient (Wildman–Crippen LogP) is 3.99. The molecule has 4 heteroatoms. The highest BCUT2D eigenvalue weighted by molar-refractivity contribution is 5.93. The molecule has 2 rings (SSSR count). The Balaban J connectivity index is 1.93. The number of carboxylic acids is 1. The third-order valence-corrected chi connectivity index (χ3v) is 4.19. The highest BCUT2D eigenvalue weighted by Gasteiger charge is 2.16. The van der Waals surface area contributed by atoms with Crippen molar-refractivity contribution in [2.75, 3.05) is 5.32 Å². The molecule has 0 saturated heterocycles. The van der Waals surface area contributed by atoms with Gasteiger partial charge in [0.25, 0.3) is 0 Å². The van der Waals surface area contributed by atoms with Gasteiger partial charge in [0.15, 0.2) is 0 Å². The van der Waals surface area contributed by atoms with E-state index in [4.69, 9.17) is 5.11 Å². The number of anilines is 1. The molecule has 0 bridgehead atoms. The molecule has 0 aliphatic heterocycles. The van der Waals surface area contributed by atoms with Crippen molar-refractivity contribution < 1.29 is 14.7 Å². The highest BCUT2D eigenvalue weighted by atomic mass is 16.4. The lowest BCUT2D eigenvalue weighted by Crippen LogP contribution is -2.16. The quantitative estimate of drug-likeness (QED) is 0.823. The summed E-state index contributed by atoms with van der Waals surface area (Å²) in [7, 11) is 0. The fourth-order valence-electron chi connectivity index (χ4n) is 3.02. The number of hydrogen-bond donors (Lipinski definition) is 2. The summed E-state index contributed by atoms with van der Waals surface area (Å²) in [6.45, 7) is 1.74. The molecule has 1 aliphatic rings. The van der Waals surface area contributed by atoms with E-state index in [0.717, 1.165) is 12.8 Å². The van der Waals surface area contributed by atoms with Crippen LogP contribution in [0.2, 0.25) is 0 Å². The van der Waals surface area contributed by atoms with Crippen molar-refractivity contribution in [3.63, 3.8) is 0 Å². The van der Waals surface area contributed by atoms with Crippen LogP contribution in [0.3, 0.4) is 0 Å². The molecule has 1 aromatic carbocycles. The summed E-state index contributed by atoms with van der Waals surface area (Å²) in [5.41, 5.74) is 1.61. The van der Waals surface area contributed by atoms with Crippen LogP contribution in [0.15, 0.2) is 18.2 Å². The third kappa shape index (κ3) is 4.59. The van der Waals surface area contributed by atoms with Crippen LogP contribution >= 0.6 is 0 Å². The average Bonchev–Trinajstić information content (AvgIpc) is 2.66. The summed E-state index contributed by atoms with van der Waals surface area (Å²) in [5, 5.41) is 11.9. The van der Waals surface area contributed by atoms with Crippen molar-refractivity contribution in [3.05, 3.63) is 29.3 Å². The van der Waals surface area contributed by atoms with Gasteiger partial charge >= 0.3 is 5.97 Å². The van der Waals surface area contributed by atoms with E-state index < -0.39 is 5.97 Å². The maximum atomic E-state index is 12.1. The molecule has 0 atom stereocenters. The largest absolute Gasteiger partial charge is 0.478 e. The molecule has 0 spiro atoms. The summed E-state index contributed by atoms with van der Waals surface area (Å²) in [4.78, 5) is 23.1. The minimum absolute atomic E-state index is 0.0318. The Labute approximate surface area is 125 Å². The second kappa shape index (κ2) is 7.25. The molecule has 1 saturated carbocycles. The summed E-state index contributed by atoms with van der Waals surface area (Å²) in [5.74, 6) is -0.417. The van der Waals surface area contributed by atoms with Crippen molar-refractivity contribution in [2.45, 2.75) is 51.9 Å². The van der Waals surface area contributed by atoms with Gasteiger partial charge in [0.05, 0.1) is 5.56 Å². The first-order chi connectivity index (χ1) is 10.1. The number of nitrogens with one attached hydrogen (secondary N) is 1. The fraction of sp³-hybridized carbons (Fsp3) is 0.529. The van der Waals surface area contributed by atoms with Gasteiger partial charge in [0.1, 0.15) is 0 Å². The van der Waals surface area contributed by atoms with E-state index in [-0.39, 0.29) is 11.5 Å². The number of rotatable bonds is 4. The van der Waals surface area contributed by atoms with Gasteiger partial charge in [-0.15, -0.1) is 0 Å². The lowest BCUT2D eigenvalue weighted by molar-refractivity contribution is -0.117. The summed E-state index contributed by atoms with van der Waals surface area (Å²) < 4.78 is 0. The van der Waals surface area contributed by atoms with Gasteiger partial charge in [-0.3, -0.25) is 4.79 Å². The van der Waals surface area contributed by atoms with Crippen LogP contribution in [0.4, 0.5) is 5.69 Å². The Morgan fingerprint density at radius 2 is 1.86 bits per heavy atom. The van der Waals surface area contributed by atoms with Crippen molar-refractivity contribution in [2.24, 2.45) is 5.92 Å². The van der Waals surface area contributed by atoms with E-state index in [9.17, 15) is 9.59 Å². The van der Waals surface area contributed by atoms with Gasteiger partial charge in [0, 0.05) is 12.1 Å². The molecular weight excluding hydrogens is 266 g/mol. The maximum Gasteiger partial charge on any atom is 0.335 e. The number of amides is 1. The van der Waals surface area contributed by atoms with Gasteiger partial charge in [-0.25, -0.2) is 4.79 Å². The lowest BCUT2D eigenvalue weighted by Gasteiger charge is -2.14. The summed E-state index contributed by atoms with van der Waals surface area (Å²) in [6.07, 6.45) is 7.88. The van der Waals surface area contributed by atoms with Crippen molar-refractivity contribution >= 4 is 17.6 Å². The number of carboxylic acid groups (broad SMARTS) is 1. The van der Waals surface area contributed by atoms with Gasteiger partial charge in [-0.05, 0) is 49.4 Å². The normalized spacial score (nSPS) is 16.2. The van der Waals surface area contributed by atoms with E-state index in [1.807, 2.05) is 0 Å². The minimum Gasteiger partial charge on any atom is -0.478 e. The van der Waals surface area contributed by atoms with Crippen LogP contribution in [0.5, 0.6) is 0 Å². The SMILES string of the molecule is Cc1cc(NC(=O)CC2CCCCCC2)ccc1C(=O)O. The standard InChI is InChI=1S/C17H23NO3/c1-12-10-14(8-9-15(12)17(20)21)18-16(19)11-13-6-4-2-3-5-7-13/h8-10,13H,2-7,11H2,1H3,(H,18,19)(H,20,21). The topological polar surface area (TPSA) is 66.4 Å². The van der Waals surface area contributed by atoms with Crippen molar-refractivity contribution in [1.29, 1.82) is 0 Å². The molecule has 1 amide bonds. The van der Waals surface area contributed by atoms with Crippen LogP contribution < -0.4 is 5.32 Å². The number of carbonyl (C=O) groups is 2. The van der Waals surface area contributed by atoms with E-state index in [1.54, 1.807) is 25.1 Å². The monoisotopic (exact) mass is 289 g/mol. The number of benzene rings is 1. The highest BCUT2D eigenvalue weighted by Crippen LogP contribution is 2.26. The van der Waals surface area contributed by atoms with Crippen LogP contribution in [-0.2, 0) is 4.79 Å². The summed E-state index contributed by atoms with van der Waals surface area (Å²) in [6, 6.07) is 4.91. The van der Waals surface area contributed by atoms with Gasteiger partial charge in [-0.1, -0.05) is 25.7 Å². The van der Waals surface area contributed by atoms with Gasteiger partial charge < -0.3 is 10.4 Å². The van der Waals surface area contributed by atoms with Crippen LogP contribution in [0.1, 0.15) is 60.9 Å². The molecule has 114 valence electrons. The molecule has 4 nitrogen and oxygen atoms in total. The van der Waals surface area contributed by atoms with Gasteiger partial charge in [0.2, 0.25) is 5.91 Å². The molecule has 1 aromatic rings. The fourth-order valence-corrected chi connectivity index (χ4v) is 3.02. The minimum atomic E-state index is -0.941. The Morgan fingerprint density at radius 3 is 2.43 bits per heavy atom. The Morgan fingerprint density at radius 1 is 1.19 bits per heavy atom. The van der Waals surface area contributed by atoms with E-state index in [0.29, 0.717) is 23.6 Å². The smallest absolute Gasteiger partial charge is 0.335 e. The zero-order valence-electron chi connectivity index (χ0n) is 12.5. The average molecular weight is 289 g/mol. The first kappa shape index (κ1) is 15.5. The Hall–Kier alpha value is -1.84. The molecule has 0 unspecified atom stereocenters. The van der Waals surface area contributed by atoms with Crippen LogP contribution in [0.25, 0.3) is 0 Å². The third-order valence-electron chi connectivity index (χ3n) is 4.19. The number of aryl methyl sites for hydroxylation is 1. The zero-order chi connectivity index (χ0) is 15.2. The first-order valence-corrected chi connectivity index (χ1v) is 7.70. The van der Waals surface area contributed by atoms with Crippen LogP contribution in [-0.4, -0.2) is 17.0 Å². The second-order valence-corrected chi connectivity index (χ2v) is 5.94. The van der Waals surface area contributed by atoms with E-state index in [1.165, 1.54) is 25.7 Å². The molecule has 2 N–H and O–H groups in total. The Bertz CT molecular complexity index is 517. The molecule has 0 radical (unpaired) electrons. The molecular formula is C17H23NO3. The molecule has 21 heavy (non-hydrogen) atoms. The molecule has 1 fully saturated rings. The number of hydrogen-bond acceptors (Lipinski definition) is 2. The molecule has 0 heterocycles. The molecule has 0 aromatic heterocycles. The molecule has 1 aliphatic carbocycles. The van der Waals surface area contributed by atoms with Crippen molar-refractivity contribution in [3.8, 4) is 0 Å². The van der Waals surface area contributed by atoms with Crippen molar-refractivity contribution in [1.82, 2.24) is 0 Å². The first-order valence-electron chi connectivity index (χ1n) is 7.70. The van der Waals surface area contributed by atoms with Crippen LogP contribution in [0, 0.1) is 12.8 Å². The maximum absolute atomic E-state index is 12.1. The van der Waals surface area contributed by atoms with Gasteiger partial charge in [-0.2, -0.15) is 0 Å². The number of aromatic carboxylic acids is 1. The second-order valence-electron chi connectivity index (χ2n) is 5.94. The van der Waals surface area contributed by atoms with E-state index >= 15 is 0 Å². The Kier molecular flexibility index (Phi) is 5.37. The zero-order valence-corrected chi connectivity index (χ0v) is 12.5. The van der Waals surface area contributed by atoms with E-state index in [2.05, 4.69) is 5.32 Å². The summed E-state index contributed by atoms with van der Waals surface area (Å²) >= 11 is 0. The number of carbonyl (C=O) groups excluding carboxylic acids is 1.